The monoisotopic (exact) mass is 194 g/mol. The molecule has 0 radical (unpaired) electrons. The minimum absolute atomic E-state index is 0.261. The van der Waals surface area contributed by atoms with Crippen LogP contribution in [0.1, 0.15) is 32.1 Å². The molecule has 0 aromatic heterocycles. The van der Waals surface area contributed by atoms with Gasteiger partial charge < -0.3 is 5.11 Å². The normalized spacial score (nSPS) is 11.1. The summed E-state index contributed by atoms with van der Waals surface area (Å²) in [5, 5.41) is 8.37. The Morgan fingerprint density at radius 2 is 1.79 bits per heavy atom. The molecule has 0 bridgehead atoms. The maximum absolute atomic E-state index is 10.2. The second-order valence-corrected chi connectivity index (χ2v) is 2.99. The molecular formula is C12H18O2. The molecule has 0 fully saturated rings. The maximum Gasteiger partial charge on any atom is 0.303 e. The topological polar surface area (TPSA) is 37.3 Å². The van der Waals surface area contributed by atoms with Gasteiger partial charge in [-0.2, -0.15) is 0 Å². The van der Waals surface area contributed by atoms with Gasteiger partial charge in [0, 0.05) is 6.42 Å². The number of aliphatic carboxylic acids is 1. The van der Waals surface area contributed by atoms with E-state index in [9.17, 15) is 4.79 Å². The highest BCUT2D eigenvalue weighted by Crippen LogP contribution is 1.98. The number of carboxylic acid groups (broad SMARTS) is 1. The third kappa shape index (κ3) is 10.7. The lowest BCUT2D eigenvalue weighted by molar-refractivity contribution is -0.137. The lowest BCUT2D eigenvalue weighted by atomic mass is 10.2. The first-order chi connectivity index (χ1) is 6.77. The van der Waals surface area contributed by atoms with Crippen LogP contribution in [0.2, 0.25) is 0 Å². The average Bonchev–Trinajstić information content (AvgIpc) is 2.15. The Kier molecular flexibility index (Phi) is 8.86. The van der Waals surface area contributed by atoms with E-state index in [0.717, 1.165) is 25.7 Å². The first-order valence-corrected chi connectivity index (χ1v) is 4.90. The highest BCUT2D eigenvalue weighted by Gasteiger charge is 1.92. The van der Waals surface area contributed by atoms with Crippen molar-refractivity contribution in [2.75, 3.05) is 0 Å². The number of carbonyl (C=O) groups is 1. The number of carboxylic acids is 1. The van der Waals surface area contributed by atoms with Gasteiger partial charge in [-0.1, -0.05) is 30.4 Å². The lowest BCUT2D eigenvalue weighted by Crippen LogP contribution is -1.92. The van der Waals surface area contributed by atoms with Gasteiger partial charge >= 0.3 is 5.97 Å². The fraction of sp³-hybridized carbons (Fsp3) is 0.417. The molecule has 1 N–H and O–H groups in total. The lowest BCUT2D eigenvalue weighted by Gasteiger charge is -1.89. The molecule has 0 unspecified atom stereocenters. The first-order valence-electron chi connectivity index (χ1n) is 4.90. The zero-order valence-electron chi connectivity index (χ0n) is 8.48. The molecule has 2 heteroatoms. The van der Waals surface area contributed by atoms with Crippen molar-refractivity contribution in [2.24, 2.45) is 0 Å². The summed E-state index contributed by atoms with van der Waals surface area (Å²) in [7, 11) is 0. The number of allylic oxidation sites excluding steroid dienone is 5. The number of hydrogen-bond acceptors (Lipinski definition) is 1. The minimum atomic E-state index is -0.718. The van der Waals surface area contributed by atoms with E-state index in [1.165, 1.54) is 0 Å². The van der Waals surface area contributed by atoms with Crippen LogP contribution in [0.5, 0.6) is 0 Å². The molecule has 0 rings (SSSR count). The Hall–Kier alpha value is -1.31. The van der Waals surface area contributed by atoms with Crippen LogP contribution in [0.15, 0.2) is 37.0 Å². The van der Waals surface area contributed by atoms with E-state index in [2.05, 4.69) is 24.8 Å². The molecule has 78 valence electrons. The molecule has 0 saturated carbocycles. The molecule has 0 amide bonds. The second-order valence-electron chi connectivity index (χ2n) is 2.99. The van der Waals surface area contributed by atoms with Gasteiger partial charge in [0.2, 0.25) is 0 Å². The molecule has 0 aromatic rings. The van der Waals surface area contributed by atoms with Gasteiger partial charge in [-0.15, -0.1) is 6.58 Å². The predicted octanol–water partition coefficient (Wildman–Crippen LogP) is 3.32. The van der Waals surface area contributed by atoms with Crippen molar-refractivity contribution >= 4 is 5.97 Å². The van der Waals surface area contributed by atoms with E-state index in [4.69, 9.17) is 5.11 Å². The zero-order valence-corrected chi connectivity index (χ0v) is 8.48. The average molecular weight is 194 g/mol. The summed E-state index contributed by atoms with van der Waals surface area (Å²) in [5.74, 6) is -0.718. The third-order valence-electron chi connectivity index (χ3n) is 1.67. The third-order valence-corrected chi connectivity index (χ3v) is 1.67. The molecule has 0 saturated heterocycles. The van der Waals surface area contributed by atoms with Crippen LogP contribution < -0.4 is 0 Å². The second kappa shape index (κ2) is 9.78. The van der Waals surface area contributed by atoms with Crippen LogP contribution in [0.4, 0.5) is 0 Å². The molecule has 14 heavy (non-hydrogen) atoms. The SMILES string of the molecule is C=CCC=CCC=CCCCC(=O)O. The summed E-state index contributed by atoms with van der Waals surface area (Å²) in [6.45, 7) is 3.61. The van der Waals surface area contributed by atoms with E-state index in [1.54, 1.807) is 0 Å². The summed E-state index contributed by atoms with van der Waals surface area (Å²) in [6.07, 6.45) is 13.7. The highest BCUT2D eigenvalue weighted by atomic mass is 16.4. The Labute approximate surface area is 85.6 Å². The van der Waals surface area contributed by atoms with Gasteiger partial charge in [0.05, 0.1) is 0 Å². The minimum Gasteiger partial charge on any atom is -0.481 e. The van der Waals surface area contributed by atoms with Crippen LogP contribution in [0, 0.1) is 0 Å². The Bertz CT molecular complexity index is 214. The van der Waals surface area contributed by atoms with Crippen LogP contribution in [0.25, 0.3) is 0 Å². The standard InChI is InChI=1S/C12H18O2/c1-2-3-4-5-6-7-8-9-10-11-12(13)14/h2,4-5,7-8H,1,3,6,9-11H2,(H,13,14). The van der Waals surface area contributed by atoms with Crippen molar-refractivity contribution in [2.45, 2.75) is 32.1 Å². The number of hydrogen-bond donors (Lipinski definition) is 1. The molecule has 0 heterocycles. The van der Waals surface area contributed by atoms with Gasteiger partial charge in [-0.3, -0.25) is 4.79 Å². The van der Waals surface area contributed by atoms with Gasteiger partial charge in [-0.05, 0) is 25.7 Å². The molecular weight excluding hydrogens is 176 g/mol. The summed E-state index contributed by atoms with van der Waals surface area (Å²) in [4.78, 5) is 10.2. The van der Waals surface area contributed by atoms with Crippen LogP contribution in [0.3, 0.4) is 0 Å². The maximum atomic E-state index is 10.2. The summed E-state index contributed by atoms with van der Waals surface area (Å²) in [5.41, 5.74) is 0. The van der Waals surface area contributed by atoms with Crippen LogP contribution >= 0.6 is 0 Å². The van der Waals surface area contributed by atoms with Crippen molar-refractivity contribution in [1.82, 2.24) is 0 Å². The molecule has 0 aliphatic rings. The molecule has 0 aromatic carbocycles. The van der Waals surface area contributed by atoms with Crippen molar-refractivity contribution < 1.29 is 9.90 Å². The summed E-state index contributed by atoms with van der Waals surface area (Å²) >= 11 is 0. The van der Waals surface area contributed by atoms with E-state index in [0.29, 0.717) is 0 Å². The summed E-state index contributed by atoms with van der Waals surface area (Å²) in [6, 6.07) is 0. The Morgan fingerprint density at radius 3 is 2.43 bits per heavy atom. The quantitative estimate of drug-likeness (QED) is 0.475. The Balaban J connectivity index is 3.27. The Morgan fingerprint density at radius 1 is 1.14 bits per heavy atom. The molecule has 0 spiro atoms. The molecule has 0 aliphatic carbocycles. The van der Waals surface area contributed by atoms with E-state index >= 15 is 0 Å². The molecule has 0 aliphatic heterocycles. The summed E-state index contributed by atoms with van der Waals surface area (Å²) < 4.78 is 0. The largest absolute Gasteiger partial charge is 0.481 e. The van der Waals surface area contributed by atoms with Gasteiger partial charge in [0.25, 0.3) is 0 Å². The predicted molar refractivity (Wildman–Crippen MR) is 59.2 cm³/mol. The number of rotatable bonds is 8. The highest BCUT2D eigenvalue weighted by molar-refractivity contribution is 5.66. The van der Waals surface area contributed by atoms with Gasteiger partial charge in [-0.25, -0.2) is 0 Å². The zero-order chi connectivity index (χ0) is 10.6. The van der Waals surface area contributed by atoms with Crippen LogP contribution in [-0.2, 0) is 4.79 Å². The van der Waals surface area contributed by atoms with E-state index in [-0.39, 0.29) is 6.42 Å². The van der Waals surface area contributed by atoms with Crippen molar-refractivity contribution in [3.63, 3.8) is 0 Å². The number of unbranched alkanes of at least 4 members (excludes halogenated alkanes) is 1. The van der Waals surface area contributed by atoms with Crippen molar-refractivity contribution in [3.8, 4) is 0 Å². The van der Waals surface area contributed by atoms with Crippen LogP contribution in [-0.4, -0.2) is 11.1 Å². The molecule has 0 atom stereocenters. The van der Waals surface area contributed by atoms with E-state index in [1.807, 2.05) is 12.2 Å². The fourth-order valence-electron chi connectivity index (χ4n) is 0.952. The van der Waals surface area contributed by atoms with Crippen molar-refractivity contribution in [3.05, 3.63) is 37.0 Å². The van der Waals surface area contributed by atoms with Gasteiger partial charge in [0.15, 0.2) is 0 Å². The smallest absolute Gasteiger partial charge is 0.303 e. The van der Waals surface area contributed by atoms with Gasteiger partial charge in [0.1, 0.15) is 0 Å². The van der Waals surface area contributed by atoms with E-state index < -0.39 is 5.97 Å². The molecule has 2 nitrogen and oxygen atoms in total. The van der Waals surface area contributed by atoms with Crippen molar-refractivity contribution in [1.29, 1.82) is 0 Å². The first kappa shape index (κ1) is 12.7. The fourth-order valence-corrected chi connectivity index (χ4v) is 0.952.